The van der Waals surface area contributed by atoms with E-state index in [1.807, 2.05) is 12.1 Å². The summed E-state index contributed by atoms with van der Waals surface area (Å²) in [6.45, 7) is 3.71. The first kappa shape index (κ1) is 21.0. The van der Waals surface area contributed by atoms with Crippen LogP contribution < -0.4 is 19.7 Å². The van der Waals surface area contributed by atoms with E-state index in [0.717, 1.165) is 54.4 Å². The molecule has 0 atom stereocenters. The van der Waals surface area contributed by atoms with Crippen LogP contribution in [-0.4, -0.2) is 70.9 Å². The molecule has 8 heteroatoms. The molecule has 0 aliphatic carbocycles. The van der Waals surface area contributed by atoms with Crippen molar-refractivity contribution < 1.29 is 19.0 Å². The lowest BCUT2D eigenvalue weighted by Gasteiger charge is -2.29. The maximum Gasteiger partial charge on any atom is 0.337 e. The van der Waals surface area contributed by atoms with Gasteiger partial charge >= 0.3 is 6.03 Å². The number of carbonyl (C=O) groups is 1. The van der Waals surface area contributed by atoms with Gasteiger partial charge in [-0.15, -0.1) is 0 Å². The van der Waals surface area contributed by atoms with Gasteiger partial charge in [-0.05, 0) is 36.2 Å². The first-order valence-corrected chi connectivity index (χ1v) is 10.4. The Bertz CT molecular complexity index is 968. The second-order valence-corrected chi connectivity index (χ2v) is 7.39. The summed E-state index contributed by atoms with van der Waals surface area (Å²) in [6, 6.07) is 12.0. The SMILES string of the molecule is CNC(=O)N1CCc2cc(OC)c(OC)cc2C(c2ccc(N3CCOCC3)cc2)=N1. The molecule has 4 rings (SSSR count). The molecule has 0 unspecified atom stereocenters. The fraction of sp³-hybridized carbons (Fsp3) is 0.391. The number of morpholine rings is 1. The van der Waals surface area contributed by atoms with Crippen LogP contribution >= 0.6 is 0 Å². The van der Waals surface area contributed by atoms with Crippen molar-refractivity contribution in [2.45, 2.75) is 6.42 Å². The molecule has 8 nitrogen and oxygen atoms in total. The third-order valence-corrected chi connectivity index (χ3v) is 5.64. The van der Waals surface area contributed by atoms with E-state index in [-0.39, 0.29) is 6.03 Å². The van der Waals surface area contributed by atoms with E-state index >= 15 is 0 Å². The molecule has 0 radical (unpaired) electrons. The zero-order chi connectivity index (χ0) is 21.8. The molecule has 31 heavy (non-hydrogen) atoms. The van der Waals surface area contributed by atoms with Crippen molar-refractivity contribution in [2.24, 2.45) is 5.10 Å². The molecule has 0 bridgehead atoms. The first-order valence-electron chi connectivity index (χ1n) is 10.4. The number of ether oxygens (including phenoxy) is 3. The van der Waals surface area contributed by atoms with Crippen LogP contribution in [-0.2, 0) is 11.2 Å². The molecular weight excluding hydrogens is 396 g/mol. The molecule has 2 amide bonds. The number of amides is 2. The number of hydrogen-bond acceptors (Lipinski definition) is 6. The number of hydrazone groups is 1. The topological polar surface area (TPSA) is 75.6 Å². The number of nitrogens with one attached hydrogen (secondary N) is 1. The van der Waals surface area contributed by atoms with Crippen LogP contribution in [0.2, 0.25) is 0 Å². The van der Waals surface area contributed by atoms with Gasteiger partial charge in [0.15, 0.2) is 11.5 Å². The van der Waals surface area contributed by atoms with Gasteiger partial charge < -0.3 is 24.4 Å². The fourth-order valence-corrected chi connectivity index (χ4v) is 3.94. The number of nitrogens with zero attached hydrogens (tertiary/aromatic N) is 3. The zero-order valence-electron chi connectivity index (χ0n) is 18.2. The Kier molecular flexibility index (Phi) is 6.27. The summed E-state index contributed by atoms with van der Waals surface area (Å²) >= 11 is 0. The third kappa shape index (κ3) is 4.29. The molecule has 2 aliphatic heterocycles. The number of fused-ring (bicyclic) bond motifs is 1. The molecule has 1 saturated heterocycles. The summed E-state index contributed by atoms with van der Waals surface area (Å²) < 4.78 is 16.5. The molecule has 1 N–H and O–H groups in total. The molecule has 1 fully saturated rings. The second kappa shape index (κ2) is 9.26. The van der Waals surface area contributed by atoms with Gasteiger partial charge in [0, 0.05) is 37.0 Å². The van der Waals surface area contributed by atoms with Crippen molar-refractivity contribution in [3.8, 4) is 11.5 Å². The minimum Gasteiger partial charge on any atom is -0.493 e. The normalized spacial score (nSPS) is 16.2. The molecule has 0 spiro atoms. The van der Waals surface area contributed by atoms with Crippen LogP contribution in [0.5, 0.6) is 11.5 Å². The predicted octanol–water partition coefficient (Wildman–Crippen LogP) is 2.49. The van der Waals surface area contributed by atoms with Crippen LogP contribution in [0.4, 0.5) is 10.5 Å². The molecule has 0 saturated carbocycles. The molecule has 2 aromatic rings. The van der Waals surface area contributed by atoms with Gasteiger partial charge in [0.25, 0.3) is 0 Å². The quantitative estimate of drug-likeness (QED) is 0.816. The van der Waals surface area contributed by atoms with Gasteiger partial charge in [-0.1, -0.05) is 12.1 Å². The second-order valence-electron chi connectivity index (χ2n) is 7.39. The lowest BCUT2D eigenvalue weighted by molar-refractivity contribution is 0.122. The number of urea groups is 1. The minimum absolute atomic E-state index is 0.242. The van der Waals surface area contributed by atoms with E-state index in [2.05, 4.69) is 34.5 Å². The summed E-state index contributed by atoms with van der Waals surface area (Å²) in [5.74, 6) is 1.30. The van der Waals surface area contributed by atoms with Crippen LogP contribution in [0.15, 0.2) is 41.5 Å². The third-order valence-electron chi connectivity index (χ3n) is 5.64. The van der Waals surface area contributed by atoms with Gasteiger partial charge in [-0.25, -0.2) is 9.80 Å². The lowest BCUT2D eigenvalue weighted by atomic mass is 9.95. The molecule has 2 aliphatic rings. The number of rotatable bonds is 4. The number of anilines is 1. The van der Waals surface area contributed by atoms with E-state index in [9.17, 15) is 4.79 Å². The molecule has 0 aromatic heterocycles. The monoisotopic (exact) mass is 424 g/mol. The fourth-order valence-electron chi connectivity index (χ4n) is 3.94. The Hall–Kier alpha value is -3.26. The van der Waals surface area contributed by atoms with Crippen molar-refractivity contribution in [3.05, 3.63) is 53.1 Å². The summed E-state index contributed by atoms with van der Waals surface area (Å²) in [7, 11) is 4.85. The largest absolute Gasteiger partial charge is 0.493 e. The van der Waals surface area contributed by atoms with E-state index in [1.54, 1.807) is 21.3 Å². The van der Waals surface area contributed by atoms with Crippen LogP contribution in [0, 0.1) is 0 Å². The van der Waals surface area contributed by atoms with Gasteiger partial charge in [0.1, 0.15) is 0 Å². The standard InChI is InChI=1S/C23H28N4O4/c1-24-23(28)27-9-8-17-14-20(29-2)21(30-3)15-19(17)22(25-27)16-4-6-18(7-5-16)26-10-12-31-13-11-26/h4-7,14-15H,8-13H2,1-3H3,(H,24,28). The Morgan fingerprint density at radius 1 is 1.03 bits per heavy atom. The van der Waals surface area contributed by atoms with E-state index in [1.165, 1.54) is 5.01 Å². The van der Waals surface area contributed by atoms with Gasteiger partial charge in [-0.2, -0.15) is 5.10 Å². The number of methoxy groups -OCH3 is 2. The minimum atomic E-state index is -0.242. The summed E-state index contributed by atoms with van der Waals surface area (Å²) in [5, 5.41) is 8.89. The van der Waals surface area contributed by atoms with E-state index in [4.69, 9.17) is 19.3 Å². The first-order chi connectivity index (χ1) is 15.1. The van der Waals surface area contributed by atoms with Gasteiger partial charge in [0.2, 0.25) is 0 Å². The van der Waals surface area contributed by atoms with E-state index in [0.29, 0.717) is 24.5 Å². The van der Waals surface area contributed by atoms with Gasteiger partial charge in [-0.3, -0.25) is 0 Å². The molecular formula is C23H28N4O4. The Morgan fingerprint density at radius 3 is 2.35 bits per heavy atom. The maximum absolute atomic E-state index is 12.4. The van der Waals surface area contributed by atoms with Crippen LogP contribution in [0.25, 0.3) is 0 Å². The Balaban J connectivity index is 1.76. The predicted molar refractivity (Wildman–Crippen MR) is 120 cm³/mol. The molecule has 2 aromatic carbocycles. The van der Waals surface area contributed by atoms with Crippen molar-refractivity contribution in [2.75, 3.05) is 59.0 Å². The highest BCUT2D eigenvalue weighted by Crippen LogP contribution is 2.33. The van der Waals surface area contributed by atoms with Crippen LogP contribution in [0.3, 0.4) is 0 Å². The van der Waals surface area contributed by atoms with Crippen molar-refractivity contribution >= 4 is 17.4 Å². The average Bonchev–Trinajstić information content (AvgIpc) is 3.02. The highest BCUT2D eigenvalue weighted by molar-refractivity contribution is 6.14. The maximum atomic E-state index is 12.4. The summed E-state index contributed by atoms with van der Waals surface area (Å²) in [6.07, 6.45) is 0.655. The summed E-state index contributed by atoms with van der Waals surface area (Å²) in [5.41, 5.74) is 4.80. The lowest BCUT2D eigenvalue weighted by Crippen LogP contribution is -2.36. The summed E-state index contributed by atoms with van der Waals surface area (Å²) in [4.78, 5) is 14.7. The Morgan fingerprint density at radius 2 is 1.71 bits per heavy atom. The Labute approximate surface area is 182 Å². The van der Waals surface area contributed by atoms with Crippen molar-refractivity contribution in [1.82, 2.24) is 10.3 Å². The highest BCUT2D eigenvalue weighted by atomic mass is 16.5. The van der Waals surface area contributed by atoms with Crippen molar-refractivity contribution in [1.29, 1.82) is 0 Å². The number of hydrogen-bond donors (Lipinski definition) is 1. The zero-order valence-corrected chi connectivity index (χ0v) is 18.2. The average molecular weight is 425 g/mol. The van der Waals surface area contributed by atoms with Gasteiger partial charge in [0.05, 0.1) is 39.7 Å². The number of benzene rings is 2. The highest BCUT2D eigenvalue weighted by Gasteiger charge is 2.24. The molecule has 164 valence electrons. The van der Waals surface area contributed by atoms with Crippen molar-refractivity contribution in [3.63, 3.8) is 0 Å². The smallest absolute Gasteiger partial charge is 0.337 e. The number of carbonyl (C=O) groups excluding carboxylic acids is 1. The van der Waals surface area contributed by atoms with E-state index < -0.39 is 0 Å². The van der Waals surface area contributed by atoms with Crippen LogP contribution in [0.1, 0.15) is 16.7 Å². The molecule has 2 heterocycles.